The molecule has 1 aromatic heterocycles. The number of carbonyl (C=O) groups is 1. The van der Waals surface area contributed by atoms with E-state index in [2.05, 4.69) is 28.2 Å². The van der Waals surface area contributed by atoms with Gasteiger partial charge in [-0.3, -0.25) is 4.79 Å². The van der Waals surface area contributed by atoms with E-state index in [0.717, 1.165) is 44.6 Å². The zero-order valence-electron chi connectivity index (χ0n) is 15.5. The van der Waals surface area contributed by atoms with Crippen LogP contribution >= 0.6 is 0 Å². The van der Waals surface area contributed by atoms with Crippen LogP contribution in [-0.2, 0) is 14.3 Å². The monoisotopic (exact) mass is 359 g/mol. The molecule has 6 nitrogen and oxygen atoms in total. The average molecular weight is 359 g/mol. The quantitative estimate of drug-likeness (QED) is 0.719. The summed E-state index contributed by atoms with van der Waals surface area (Å²) in [5.41, 5.74) is -0.0464. The SMILES string of the molecule is CCCCOCC(=O)NC[C@H]1[C@H]2CN(c3ccccn3)C[C@]23CC[C@H]1O3. The molecule has 3 fully saturated rings. The van der Waals surface area contributed by atoms with Gasteiger partial charge in [-0.05, 0) is 31.4 Å². The van der Waals surface area contributed by atoms with Crippen LogP contribution in [0.5, 0.6) is 0 Å². The van der Waals surface area contributed by atoms with Crippen molar-refractivity contribution in [2.24, 2.45) is 11.8 Å². The summed E-state index contributed by atoms with van der Waals surface area (Å²) in [5, 5.41) is 3.07. The number of ether oxygens (including phenoxy) is 2. The van der Waals surface area contributed by atoms with Gasteiger partial charge in [-0.15, -0.1) is 0 Å². The number of rotatable bonds is 8. The molecular formula is C20H29N3O3. The fraction of sp³-hybridized carbons (Fsp3) is 0.700. The lowest BCUT2D eigenvalue weighted by molar-refractivity contribution is -0.126. The Hall–Kier alpha value is -1.66. The van der Waals surface area contributed by atoms with E-state index >= 15 is 0 Å². The number of anilines is 1. The lowest BCUT2D eigenvalue weighted by Crippen LogP contribution is -2.42. The summed E-state index contributed by atoms with van der Waals surface area (Å²) in [6.45, 7) is 5.49. The van der Waals surface area contributed by atoms with Gasteiger partial charge in [-0.25, -0.2) is 4.98 Å². The molecule has 1 aromatic rings. The fourth-order valence-corrected chi connectivity index (χ4v) is 4.87. The van der Waals surface area contributed by atoms with Gasteiger partial charge < -0.3 is 19.7 Å². The topological polar surface area (TPSA) is 63.7 Å². The summed E-state index contributed by atoms with van der Waals surface area (Å²) in [4.78, 5) is 18.9. The largest absolute Gasteiger partial charge is 0.372 e. The number of fused-ring (bicyclic) bond motifs is 1. The van der Waals surface area contributed by atoms with Crippen molar-refractivity contribution in [1.29, 1.82) is 0 Å². The van der Waals surface area contributed by atoms with Crippen LogP contribution in [0.4, 0.5) is 5.82 Å². The van der Waals surface area contributed by atoms with Crippen LogP contribution in [0.2, 0.25) is 0 Å². The lowest BCUT2D eigenvalue weighted by atomic mass is 9.73. The van der Waals surface area contributed by atoms with Gasteiger partial charge >= 0.3 is 0 Å². The van der Waals surface area contributed by atoms with E-state index in [0.29, 0.717) is 25.0 Å². The number of pyridine rings is 1. The van der Waals surface area contributed by atoms with E-state index in [1.54, 1.807) is 0 Å². The maximum Gasteiger partial charge on any atom is 0.246 e. The molecule has 3 saturated heterocycles. The van der Waals surface area contributed by atoms with Gasteiger partial charge in [0.15, 0.2) is 0 Å². The molecule has 3 aliphatic heterocycles. The number of aromatic nitrogens is 1. The summed E-state index contributed by atoms with van der Waals surface area (Å²) in [7, 11) is 0. The van der Waals surface area contributed by atoms with Crippen molar-refractivity contribution in [1.82, 2.24) is 10.3 Å². The Kier molecular flexibility index (Phi) is 5.14. The summed E-state index contributed by atoms with van der Waals surface area (Å²) < 4.78 is 11.9. The van der Waals surface area contributed by atoms with Crippen LogP contribution < -0.4 is 10.2 Å². The number of carbonyl (C=O) groups excluding carboxylic acids is 1. The Morgan fingerprint density at radius 2 is 2.42 bits per heavy atom. The Balaban J connectivity index is 1.33. The van der Waals surface area contributed by atoms with Crippen molar-refractivity contribution in [3.63, 3.8) is 0 Å². The lowest BCUT2D eigenvalue weighted by Gasteiger charge is -2.29. The molecule has 6 heteroatoms. The summed E-state index contributed by atoms with van der Waals surface area (Å²) >= 11 is 0. The molecule has 0 aliphatic carbocycles. The normalized spacial score (nSPS) is 32.0. The number of hydrogen-bond acceptors (Lipinski definition) is 5. The second-order valence-electron chi connectivity index (χ2n) is 7.81. The Morgan fingerprint density at radius 1 is 1.50 bits per heavy atom. The Bertz CT molecular complexity index is 626. The first-order valence-corrected chi connectivity index (χ1v) is 9.90. The van der Waals surface area contributed by atoms with Crippen molar-refractivity contribution < 1.29 is 14.3 Å². The van der Waals surface area contributed by atoms with E-state index in [1.807, 2.05) is 18.3 Å². The highest BCUT2D eigenvalue weighted by Crippen LogP contribution is 2.55. The number of nitrogens with zero attached hydrogens (tertiary/aromatic N) is 2. The van der Waals surface area contributed by atoms with Gasteiger partial charge in [0.05, 0.1) is 11.7 Å². The van der Waals surface area contributed by atoms with Gasteiger partial charge in [-0.2, -0.15) is 0 Å². The number of nitrogens with one attached hydrogen (secondary N) is 1. The molecule has 0 aromatic carbocycles. The van der Waals surface area contributed by atoms with Crippen LogP contribution in [0.15, 0.2) is 24.4 Å². The third kappa shape index (κ3) is 3.32. The predicted octanol–water partition coefficient (Wildman–Crippen LogP) is 2.00. The molecule has 26 heavy (non-hydrogen) atoms. The van der Waals surface area contributed by atoms with Crippen molar-refractivity contribution in [2.75, 3.05) is 37.7 Å². The molecular weight excluding hydrogens is 330 g/mol. The summed E-state index contributed by atoms with van der Waals surface area (Å²) in [6.07, 6.45) is 6.43. The maximum absolute atomic E-state index is 12.0. The minimum Gasteiger partial charge on any atom is -0.372 e. The van der Waals surface area contributed by atoms with Crippen LogP contribution in [0.1, 0.15) is 32.6 Å². The summed E-state index contributed by atoms with van der Waals surface area (Å²) in [5.74, 6) is 1.86. The first-order chi connectivity index (χ1) is 12.7. The highest BCUT2D eigenvalue weighted by Gasteiger charge is 2.63. The van der Waals surface area contributed by atoms with Crippen molar-refractivity contribution in [3.05, 3.63) is 24.4 Å². The zero-order chi connectivity index (χ0) is 18.0. The molecule has 0 saturated carbocycles. The van der Waals surface area contributed by atoms with Gasteiger partial charge in [0.2, 0.25) is 5.91 Å². The van der Waals surface area contributed by atoms with Crippen LogP contribution in [0.3, 0.4) is 0 Å². The molecule has 2 bridgehead atoms. The van der Waals surface area contributed by atoms with E-state index in [-0.39, 0.29) is 24.2 Å². The van der Waals surface area contributed by atoms with Gasteiger partial charge in [0.1, 0.15) is 12.4 Å². The second-order valence-corrected chi connectivity index (χ2v) is 7.81. The molecule has 4 rings (SSSR count). The highest BCUT2D eigenvalue weighted by atomic mass is 16.5. The van der Waals surface area contributed by atoms with Crippen molar-refractivity contribution in [3.8, 4) is 0 Å². The van der Waals surface area contributed by atoms with E-state index < -0.39 is 0 Å². The third-order valence-electron chi connectivity index (χ3n) is 6.17. The minimum atomic E-state index is -0.0464. The third-order valence-corrected chi connectivity index (χ3v) is 6.17. The minimum absolute atomic E-state index is 0.0162. The van der Waals surface area contributed by atoms with Crippen LogP contribution in [0.25, 0.3) is 0 Å². The molecule has 0 unspecified atom stereocenters. The molecule has 4 heterocycles. The van der Waals surface area contributed by atoms with Gasteiger partial charge in [0, 0.05) is 44.3 Å². The average Bonchev–Trinajstić information content (AvgIpc) is 3.33. The number of hydrogen-bond donors (Lipinski definition) is 1. The molecule has 0 radical (unpaired) electrons. The zero-order valence-corrected chi connectivity index (χ0v) is 15.5. The predicted molar refractivity (Wildman–Crippen MR) is 99.0 cm³/mol. The maximum atomic E-state index is 12.0. The fourth-order valence-electron chi connectivity index (χ4n) is 4.87. The Labute approximate surface area is 155 Å². The standard InChI is InChI=1S/C20H29N3O3/c1-2-3-10-25-13-19(24)22-11-15-16-12-23(18-6-4-5-9-21-18)14-20(16)8-7-17(15)26-20/h4-6,9,15-17H,2-3,7-8,10-14H2,1H3,(H,22,24)/t15-,16+,17+,20+/m0/s1. The summed E-state index contributed by atoms with van der Waals surface area (Å²) in [6, 6.07) is 6.04. The Morgan fingerprint density at radius 3 is 3.23 bits per heavy atom. The highest BCUT2D eigenvalue weighted by molar-refractivity contribution is 5.77. The second kappa shape index (κ2) is 7.53. The molecule has 4 atom stereocenters. The first kappa shape index (κ1) is 17.7. The molecule has 1 N–H and O–H groups in total. The molecule has 1 spiro atoms. The van der Waals surface area contributed by atoms with Crippen molar-refractivity contribution >= 4 is 11.7 Å². The molecule has 3 aliphatic rings. The smallest absolute Gasteiger partial charge is 0.246 e. The van der Waals surface area contributed by atoms with Crippen LogP contribution in [-0.4, -0.2) is 55.4 Å². The first-order valence-electron chi connectivity index (χ1n) is 9.90. The van der Waals surface area contributed by atoms with Gasteiger partial charge in [-0.1, -0.05) is 19.4 Å². The molecule has 1 amide bonds. The van der Waals surface area contributed by atoms with Gasteiger partial charge in [0.25, 0.3) is 0 Å². The van der Waals surface area contributed by atoms with E-state index in [9.17, 15) is 4.79 Å². The van der Waals surface area contributed by atoms with Crippen molar-refractivity contribution in [2.45, 2.75) is 44.3 Å². The number of unbranched alkanes of at least 4 members (excludes halogenated alkanes) is 1. The molecule has 142 valence electrons. The van der Waals surface area contributed by atoms with E-state index in [1.165, 1.54) is 0 Å². The van der Waals surface area contributed by atoms with E-state index in [4.69, 9.17) is 9.47 Å². The number of amides is 1. The van der Waals surface area contributed by atoms with Crippen LogP contribution in [0, 0.1) is 11.8 Å².